The highest BCUT2D eigenvalue weighted by Crippen LogP contribution is 2.27. The number of amides is 3. The van der Waals surface area contributed by atoms with Crippen LogP contribution >= 0.6 is 15.9 Å². The van der Waals surface area contributed by atoms with Gasteiger partial charge in [0, 0.05) is 7.05 Å². The van der Waals surface area contributed by atoms with Gasteiger partial charge in [0.1, 0.15) is 11.4 Å². The van der Waals surface area contributed by atoms with E-state index in [2.05, 4.69) is 26.0 Å². The van der Waals surface area contributed by atoms with Crippen molar-refractivity contribution in [2.24, 2.45) is 0 Å². The van der Waals surface area contributed by atoms with Crippen LogP contribution in [-0.4, -0.2) is 43.6 Å². The lowest BCUT2D eigenvalue weighted by atomic mass is 10.2. The van der Waals surface area contributed by atoms with Crippen molar-refractivity contribution in [2.75, 3.05) is 20.8 Å². The van der Waals surface area contributed by atoms with Crippen molar-refractivity contribution in [3.63, 3.8) is 0 Å². The lowest BCUT2D eigenvalue weighted by molar-refractivity contribution is -0.142. The molecule has 0 atom stereocenters. The third kappa shape index (κ3) is 3.45. The minimum absolute atomic E-state index is 0.197. The van der Waals surface area contributed by atoms with Crippen LogP contribution in [0.5, 0.6) is 5.75 Å². The fourth-order valence-corrected chi connectivity index (χ4v) is 2.22. The summed E-state index contributed by atoms with van der Waals surface area (Å²) in [6.45, 7) is -0.200. The Morgan fingerprint density at radius 2 is 2.14 bits per heavy atom. The molecule has 8 heteroatoms. The summed E-state index contributed by atoms with van der Waals surface area (Å²) in [6.07, 6.45) is 1.55. The number of methoxy groups -OCH3 is 1. The minimum Gasteiger partial charge on any atom is -0.481 e. The largest absolute Gasteiger partial charge is 0.481 e. The summed E-state index contributed by atoms with van der Waals surface area (Å²) in [5.74, 6) is -0.418. The Labute approximate surface area is 135 Å². The van der Waals surface area contributed by atoms with E-state index in [0.717, 1.165) is 4.90 Å². The Morgan fingerprint density at radius 3 is 2.68 bits per heavy atom. The lowest BCUT2D eigenvalue weighted by Gasteiger charge is -2.07. The first kappa shape index (κ1) is 16.0. The van der Waals surface area contributed by atoms with Gasteiger partial charge in [-0.1, -0.05) is 6.07 Å². The number of carbonyl (C=O) groups excluding carboxylic acids is 3. The standard InChI is InChI=1S/C14H13BrN2O5/c1-17-13(19)10(16-14(17)20)6-8-3-4-11(9(15)5-8)22-7-12(18)21-2/h3-6H,7H2,1-2H3,(H,16,20)/b10-6+. The van der Waals surface area contributed by atoms with Crippen LogP contribution in [0.25, 0.3) is 6.08 Å². The number of imide groups is 1. The first-order valence-corrected chi connectivity index (χ1v) is 7.01. The number of halogens is 1. The zero-order valence-electron chi connectivity index (χ0n) is 11.9. The van der Waals surface area contributed by atoms with Crippen LogP contribution in [-0.2, 0) is 14.3 Å². The Hall–Kier alpha value is -2.35. The maximum absolute atomic E-state index is 11.8. The number of likely N-dealkylation sites (N-methyl/N-ethyl adjacent to an activating group) is 1. The van der Waals surface area contributed by atoms with Crippen molar-refractivity contribution in [3.05, 3.63) is 33.9 Å². The summed E-state index contributed by atoms with van der Waals surface area (Å²) >= 11 is 3.32. The second-order valence-electron chi connectivity index (χ2n) is 4.41. The van der Waals surface area contributed by atoms with Crippen LogP contribution < -0.4 is 10.1 Å². The van der Waals surface area contributed by atoms with E-state index < -0.39 is 17.9 Å². The average molecular weight is 369 g/mol. The summed E-state index contributed by atoms with van der Waals surface area (Å²) in [4.78, 5) is 35.2. The zero-order valence-corrected chi connectivity index (χ0v) is 13.5. The molecule has 1 aliphatic heterocycles. The van der Waals surface area contributed by atoms with Crippen molar-refractivity contribution < 1.29 is 23.9 Å². The Bertz CT molecular complexity index is 671. The second kappa shape index (κ2) is 6.61. The fraction of sp³-hybridized carbons (Fsp3) is 0.214. The number of benzene rings is 1. The van der Waals surface area contributed by atoms with Gasteiger partial charge in [0.15, 0.2) is 6.61 Å². The molecular weight excluding hydrogens is 356 g/mol. The van der Waals surface area contributed by atoms with Crippen LogP contribution in [0.2, 0.25) is 0 Å². The molecule has 1 N–H and O–H groups in total. The third-order valence-corrected chi connectivity index (χ3v) is 3.54. The molecule has 3 amide bonds. The molecule has 0 aromatic heterocycles. The van der Waals surface area contributed by atoms with Gasteiger partial charge in [-0.15, -0.1) is 0 Å². The molecule has 116 valence electrons. The monoisotopic (exact) mass is 368 g/mol. The van der Waals surface area contributed by atoms with Crippen molar-refractivity contribution in [1.29, 1.82) is 0 Å². The van der Waals surface area contributed by atoms with Gasteiger partial charge in [0.25, 0.3) is 5.91 Å². The van der Waals surface area contributed by atoms with E-state index in [0.29, 0.717) is 15.8 Å². The van der Waals surface area contributed by atoms with Crippen molar-refractivity contribution in [1.82, 2.24) is 10.2 Å². The first-order valence-electron chi connectivity index (χ1n) is 6.22. The van der Waals surface area contributed by atoms with Gasteiger partial charge in [0.05, 0.1) is 11.6 Å². The third-order valence-electron chi connectivity index (χ3n) is 2.92. The topological polar surface area (TPSA) is 84.9 Å². The quantitative estimate of drug-likeness (QED) is 0.494. The fourth-order valence-electron chi connectivity index (χ4n) is 1.71. The van der Waals surface area contributed by atoms with Gasteiger partial charge < -0.3 is 14.8 Å². The van der Waals surface area contributed by atoms with Gasteiger partial charge in [-0.3, -0.25) is 9.69 Å². The zero-order chi connectivity index (χ0) is 16.3. The van der Waals surface area contributed by atoms with Crippen molar-refractivity contribution in [3.8, 4) is 5.75 Å². The van der Waals surface area contributed by atoms with Crippen molar-refractivity contribution in [2.45, 2.75) is 0 Å². The number of esters is 1. The number of nitrogens with zero attached hydrogens (tertiary/aromatic N) is 1. The lowest BCUT2D eigenvalue weighted by Crippen LogP contribution is -2.25. The summed E-state index contributed by atoms with van der Waals surface area (Å²) in [5, 5.41) is 2.47. The molecule has 7 nitrogen and oxygen atoms in total. The van der Waals surface area contributed by atoms with E-state index in [1.165, 1.54) is 14.2 Å². The van der Waals surface area contributed by atoms with Crippen LogP contribution in [0, 0.1) is 0 Å². The second-order valence-corrected chi connectivity index (χ2v) is 5.26. The van der Waals surface area contributed by atoms with Gasteiger partial charge in [-0.05, 0) is 39.7 Å². The van der Waals surface area contributed by atoms with Gasteiger partial charge in [0.2, 0.25) is 0 Å². The predicted molar refractivity (Wildman–Crippen MR) is 80.9 cm³/mol. The van der Waals surface area contributed by atoms with Crippen LogP contribution in [0.3, 0.4) is 0 Å². The number of ether oxygens (including phenoxy) is 2. The number of rotatable bonds is 4. The molecule has 1 aromatic carbocycles. The van der Waals surface area contributed by atoms with E-state index in [4.69, 9.17) is 4.74 Å². The van der Waals surface area contributed by atoms with Crippen LogP contribution in [0.1, 0.15) is 5.56 Å². The highest BCUT2D eigenvalue weighted by molar-refractivity contribution is 9.10. The first-order chi connectivity index (χ1) is 10.4. The molecule has 1 fully saturated rings. The molecule has 1 aromatic rings. The molecule has 1 saturated heterocycles. The molecule has 22 heavy (non-hydrogen) atoms. The summed E-state index contributed by atoms with van der Waals surface area (Å²) in [7, 11) is 2.68. The molecule has 0 radical (unpaired) electrons. The summed E-state index contributed by atoms with van der Waals surface area (Å²) < 4.78 is 10.4. The smallest absolute Gasteiger partial charge is 0.343 e. The van der Waals surface area contributed by atoms with E-state index in [-0.39, 0.29) is 12.3 Å². The van der Waals surface area contributed by atoms with Crippen LogP contribution in [0.4, 0.5) is 4.79 Å². The highest BCUT2D eigenvalue weighted by Gasteiger charge is 2.29. The Morgan fingerprint density at radius 1 is 1.41 bits per heavy atom. The molecule has 1 heterocycles. The molecule has 0 unspecified atom stereocenters. The van der Waals surface area contributed by atoms with E-state index in [1.54, 1.807) is 24.3 Å². The summed E-state index contributed by atoms with van der Waals surface area (Å²) in [5.41, 5.74) is 0.888. The maximum atomic E-state index is 11.8. The van der Waals surface area contributed by atoms with Gasteiger partial charge >= 0.3 is 12.0 Å². The predicted octanol–water partition coefficient (Wildman–Crippen LogP) is 1.52. The Kier molecular flexibility index (Phi) is 4.81. The summed E-state index contributed by atoms with van der Waals surface area (Å²) in [6, 6.07) is 4.58. The maximum Gasteiger partial charge on any atom is 0.343 e. The molecular formula is C14H13BrN2O5. The van der Waals surface area contributed by atoms with E-state index >= 15 is 0 Å². The molecule has 0 bridgehead atoms. The molecule has 0 spiro atoms. The minimum atomic E-state index is -0.486. The number of nitrogens with one attached hydrogen (secondary N) is 1. The van der Waals surface area contributed by atoms with E-state index in [1.807, 2.05) is 0 Å². The average Bonchev–Trinajstić information content (AvgIpc) is 2.73. The SMILES string of the molecule is COC(=O)COc1ccc(/C=C2/NC(=O)N(C)C2=O)cc1Br. The molecule has 0 aliphatic carbocycles. The number of carbonyl (C=O) groups is 3. The van der Waals surface area contributed by atoms with Gasteiger partial charge in [-0.25, -0.2) is 9.59 Å². The Balaban J connectivity index is 2.14. The number of urea groups is 1. The van der Waals surface area contributed by atoms with Crippen molar-refractivity contribution >= 4 is 39.9 Å². The molecule has 2 rings (SSSR count). The van der Waals surface area contributed by atoms with Crippen LogP contribution in [0.15, 0.2) is 28.4 Å². The molecule has 1 aliphatic rings. The van der Waals surface area contributed by atoms with E-state index in [9.17, 15) is 14.4 Å². The number of hydrogen-bond donors (Lipinski definition) is 1. The number of hydrogen-bond acceptors (Lipinski definition) is 5. The van der Waals surface area contributed by atoms with Gasteiger partial charge in [-0.2, -0.15) is 0 Å². The molecule has 0 saturated carbocycles. The normalized spacial score (nSPS) is 16.0. The highest BCUT2D eigenvalue weighted by atomic mass is 79.9.